The Hall–Kier alpha value is -1.89. The molecular formula is C17H24N2O4S. The molecule has 7 heteroatoms. The van der Waals surface area contributed by atoms with E-state index in [1.807, 2.05) is 32.5 Å². The molecule has 0 atom stereocenters. The van der Waals surface area contributed by atoms with Crippen molar-refractivity contribution in [3.63, 3.8) is 0 Å². The zero-order valence-electron chi connectivity index (χ0n) is 14.4. The first-order valence-corrected chi connectivity index (χ1v) is 9.34. The van der Waals surface area contributed by atoms with E-state index in [-0.39, 0.29) is 5.91 Å². The summed E-state index contributed by atoms with van der Waals surface area (Å²) in [5.74, 6) is 3.17. The molecule has 0 saturated carbocycles. The monoisotopic (exact) mass is 352 g/mol. The van der Waals surface area contributed by atoms with Crippen molar-refractivity contribution in [2.45, 2.75) is 27.2 Å². The molecule has 0 unspecified atom stereocenters. The second-order valence-electron chi connectivity index (χ2n) is 5.02. The Bertz CT molecular complexity index is 569. The number of carbonyl (C=O) groups excluding carboxylic acids is 1. The number of hydrogen-bond donors (Lipinski definition) is 1. The zero-order valence-corrected chi connectivity index (χ0v) is 15.2. The van der Waals surface area contributed by atoms with Crippen LogP contribution in [0.25, 0.3) is 0 Å². The number of nitrogens with zero attached hydrogens (tertiary/aromatic N) is 1. The average Bonchev–Trinajstić information content (AvgIpc) is 3.09. The van der Waals surface area contributed by atoms with Crippen molar-refractivity contribution >= 4 is 23.4 Å². The molecule has 24 heavy (non-hydrogen) atoms. The summed E-state index contributed by atoms with van der Waals surface area (Å²) in [7, 11) is 0. The molecule has 1 fully saturated rings. The molecule has 1 aliphatic heterocycles. The number of carbonyl (C=O) groups is 1. The Morgan fingerprint density at radius 2 is 1.75 bits per heavy atom. The lowest BCUT2D eigenvalue weighted by Crippen LogP contribution is -2.20. The van der Waals surface area contributed by atoms with Crippen LogP contribution in [0.5, 0.6) is 17.2 Å². The van der Waals surface area contributed by atoms with Gasteiger partial charge in [0.2, 0.25) is 5.75 Å². The van der Waals surface area contributed by atoms with E-state index in [9.17, 15) is 4.79 Å². The summed E-state index contributed by atoms with van der Waals surface area (Å²) in [5.41, 5.74) is 4.05. The second-order valence-corrected chi connectivity index (χ2v) is 6.13. The predicted octanol–water partition coefficient (Wildman–Crippen LogP) is 3.11. The van der Waals surface area contributed by atoms with Crippen LogP contribution in [-0.4, -0.2) is 42.9 Å². The average molecular weight is 352 g/mol. The minimum atomic E-state index is -0.288. The van der Waals surface area contributed by atoms with Crippen LogP contribution >= 0.6 is 11.8 Å². The van der Waals surface area contributed by atoms with Crippen LogP contribution in [0.3, 0.4) is 0 Å². The first-order chi connectivity index (χ1) is 11.7. The highest BCUT2D eigenvalue weighted by Gasteiger charge is 2.18. The quantitative estimate of drug-likeness (QED) is 0.728. The number of benzene rings is 1. The lowest BCUT2D eigenvalue weighted by Gasteiger charge is -2.16. The lowest BCUT2D eigenvalue weighted by atomic mass is 10.1. The van der Waals surface area contributed by atoms with Gasteiger partial charge in [-0.2, -0.15) is 16.9 Å². The summed E-state index contributed by atoms with van der Waals surface area (Å²) in [6.07, 6.45) is 0.919. The van der Waals surface area contributed by atoms with Crippen LogP contribution in [0.15, 0.2) is 17.2 Å². The van der Waals surface area contributed by atoms with Gasteiger partial charge in [-0.1, -0.05) is 0 Å². The summed E-state index contributed by atoms with van der Waals surface area (Å²) in [6.45, 7) is 7.07. The van der Waals surface area contributed by atoms with E-state index in [1.54, 1.807) is 12.1 Å². The van der Waals surface area contributed by atoms with E-state index in [2.05, 4.69) is 10.5 Å². The molecule has 0 bridgehead atoms. The summed E-state index contributed by atoms with van der Waals surface area (Å²) in [6, 6.07) is 3.33. The van der Waals surface area contributed by atoms with Gasteiger partial charge in [-0.3, -0.25) is 4.79 Å². The van der Waals surface area contributed by atoms with E-state index in [4.69, 9.17) is 14.2 Å². The van der Waals surface area contributed by atoms with Gasteiger partial charge in [0.15, 0.2) is 11.5 Å². The van der Waals surface area contributed by atoms with Gasteiger partial charge in [-0.15, -0.1) is 0 Å². The molecule has 6 nitrogen and oxygen atoms in total. The number of amides is 1. The van der Waals surface area contributed by atoms with Crippen molar-refractivity contribution in [3.8, 4) is 17.2 Å². The molecular weight excluding hydrogens is 328 g/mol. The molecule has 1 amide bonds. The Labute approximate surface area is 146 Å². The molecule has 1 aliphatic rings. The van der Waals surface area contributed by atoms with Crippen molar-refractivity contribution in [2.24, 2.45) is 5.10 Å². The minimum absolute atomic E-state index is 0.288. The molecule has 2 rings (SSSR count). The number of hydrazone groups is 1. The highest BCUT2D eigenvalue weighted by Crippen LogP contribution is 2.39. The summed E-state index contributed by atoms with van der Waals surface area (Å²) in [5, 5.41) is 4.19. The van der Waals surface area contributed by atoms with E-state index < -0.39 is 0 Å². The topological polar surface area (TPSA) is 69.2 Å². The fourth-order valence-electron chi connectivity index (χ4n) is 2.25. The SMILES string of the molecule is CCOc1cc(C(=O)N/N=C2\CCSC2)cc(OCC)c1OCC. The number of rotatable bonds is 8. The fraction of sp³-hybridized carbons (Fsp3) is 0.529. The van der Waals surface area contributed by atoms with Gasteiger partial charge >= 0.3 is 0 Å². The van der Waals surface area contributed by atoms with Crippen LogP contribution in [0.1, 0.15) is 37.6 Å². The highest BCUT2D eigenvalue weighted by molar-refractivity contribution is 8.00. The third kappa shape index (κ3) is 4.80. The van der Waals surface area contributed by atoms with E-state index in [1.165, 1.54) is 0 Å². The Balaban J connectivity index is 2.27. The molecule has 0 radical (unpaired) electrons. The molecule has 1 heterocycles. The molecule has 1 aromatic rings. The molecule has 0 spiro atoms. The van der Waals surface area contributed by atoms with Crippen molar-refractivity contribution in [1.29, 1.82) is 0 Å². The van der Waals surface area contributed by atoms with E-state index in [0.29, 0.717) is 42.6 Å². The Morgan fingerprint density at radius 1 is 1.12 bits per heavy atom. The lowest BCUT2D eigenvalue weighted by molar-refractivity contribution is 0.0953. The van der Waals surface area contributed by atoms with Crippen LogP contribution < -0.4 is 19.6 Å². The molecule has 1 aromatic carbocycles. The smallest absolute Gasteiger partial charge is 0.271 e. The van der Waals surface area contributed by atoms with Crippen molar-refractivity contribution < 1.29 is 19.0 Å². The van der Waals surface area contributed by atoms with Crippen molar-refractivity contribution in [1.82, 2.24) is 5.43 Å². The summed E-state index contributed by atoms with van der Waals surface area (Å²) >= 11 is 1.82. The van der Waals surface area contributed by atoms with Crippen LogP contribution in [0.4, 0.5) is 0 Å². The molecule has 0 aliphatic carbocycles. The van der Waals surface area contributed by atoms with Gasteiger partial charge in [-0.05, 0) is 45.1 Å². The Morgan fingerprint density at radius 3 is 2.25 bits per heavy atom. The standard InChI is InChI=1S/C17H24N2O4S/c1-4-21-14-9-12(10-15(22-5-2)16(14)23-6-3)17(20)19-18-13-7-8-24-11-13/h9-10H,4-8,11H2,1-3H3,(H,19,20)/b18-13+. The van der Waals surface area contributed by atoms with Crippen molar-refractivity contribution in [3.05, 3.63) is 17.7 Å². The van der Waals surface area contributed by atoms with Crippen LogP contribution in [0.2, 0.25) is 0 Å². The first kappa shape index (κ1) is 18.4. The van der Waals surface area contributed by atoms with Crippen molar-refractivity contribution in [2.75, 3.05) is 31.3 Å². The minimum Gasteiger partial charge on any atom is -0.490 e. The third-order valence-corrected chi connectivity index (χ3v) is 4.32. The maximum absolute atomic E-state index is 12.4. The van der Waals surface area contributed by atoms with Gasteiger partial charge in [-0.25, -0.2) is 5.43 Å². The van der Waals surface area contributed by atoms with Gasteiger partial charge in [0, 0.05) is 17.0 Å². The third-order valence-electron chi connectivity index (χ3n) is 3.29. The van der Waals surface area contributed by atoms with Crippen LogP contribution in [0, 0.1) is 0 Å². The molecule has 132 valence electrons. The first-order valence-electron chi connectivity index (χ1n) is 8.19. The molecule has 0 aromatic heterocycles. The maximum Gasteiger partial charge on any atom is 0.271 e. The van der Waals surface area contributed by atoms with Gasteiger partial charge in [0.1, 0.15) is 0 Å². The summed E-state index contributed by atoms with van der Waals surface area (Å²) in [4.78, 5) is 12.4. The molecule has 1 N–H and O–H groups in total. The van der Waals surface area contributed by atoms with E-state index in [0.717, 1.165) is 23.6 Å². The zero-order chi connectivity index (χ0) is 17.4. The maximum atomic E-state index is 12.4. The van der Waals surface area contributed by atoms with E-state index >= 15 is 0 Å². The van der Waals surface area contributed by atoms with Crippen LogP contribution in [-0.2, 0) is 0 Å². The predicted molar refractivity (Wildman–Crippen MR) is 96.8 cm³/mol. The van der Waals surface area contributed by atoms with Gasteiger partial charge in [0.25, 0.3) is 5.91 Å². The fourth-order valence-corrected chi connectivity index (χ4v) is 3.22. The highest BCUT2D eigenvalue weighted by atomic mass is 32.2. The number of ether oxygens (including phenoxy) is 3. The normalized spacial score (nSPS) is 15.4. The number of thioether (sulfide) groups is 1. The Kier molecular flexibility index (Phi) is 7.24. The second kappa shape index (κ2) is 9.42. The molecule has 1 saturated heterocycles. The summed E-state index contributed by atoms with van der Waals surface area (Å²) < 4.78 is 16.9. The number of hydrogen-bond acceptors (Lipinski definition) is 6. The van der Waals surface area contributed by atoms with Gasteiger partial charge < -0.3 is 14.2 Å². The van der Waals surface area contributed by atoms with Gasteiger partial charge in [0.05, 0.1) is 19.8 Å². The largest absolute Gasteiger partial charge is 0.490 e. The number of nitrogens with one attached hydrogen (secondary N) is 1.